The Labute approximate surface area is 117 Å². The predicted octanol–water partition coefficient (Wildman–Crippen LogP) is 3.42. The summed E-state index contributed by atoms with van der Waals surface area (Å²) >= 11 is 8.41. The van der Waals surface area contributed by atoms with Crippen LogP contribution >= 0.6 is 34.2 Å². The van der Waals surface area contributed by atoms with Crippen LogP contribution in [-0.4, -0.2) is 14.1 Å². The smallest absolute Gasteiger partial charge is 0.223 e. The first-order valence-corrected chi connectivity index (χ1v) is 6.76. The lowest BCUT2D eigenvalue weighted by atomic mass is 9.95. The van der Waals surface area contributed by atoms with Crippen LogP contribution in [0.15, 0.2) is 36.7 Å². The first-order chi connectivity index (χ1) is 8.27. The SMILES string of the molecule is Clc1ncnc2c1C(c1ccccc1)C(I)O2. The maximum Gasteiger partial charge on any atom is 0.223 e. The van der Waals surface area contributed by atoms with E-state index in [1.165, 1.54) is 11.9 Å². The molecule has 2 unspecified atom stereocenters. The molecule has 0 radical (unpaired) electrons. The molecular formula is C12H8ClIN2O. The van der Waals surface area contributed by atoms with Crippen molar-refractivity contribution >= 4 is 34.2 Å². The van der Waals surface area contributed by atoms with Gasteiger partial charge in [-0.25, -0.2) is 9.97 Å². The van der Waals surface area contributed by atoms with Crippen molar-refractivity contribution in [3.63, 3.8) is 0 Å². The molecule has 86 valence electrons. The molecule has 3 nitrogen and oxygen atoms in total. The third-order valence-corrected chi connectivity index (χ3v) is 4.03. The number of rotatable bonds is 1. The van der Waals surface area contributed by atoms with E-state index in [1.807, 2.05) is 18.2 Å². The van der Waals surface area contributed by atoms with Gasteiger partial charge in [-0.05, 0) is 28.2 Å². The molecule has 1 aliphatic heterocycles. The lowest BCUT2D eigenvalue weighted by Crippen LogP contribution is -2.11. The molecule has 1 aromatic heterocycles. The Hall–Kier alpha value is -0.880. The van der Waals surface area contributed by atoms with E-state index in [4.69, 9.17) is 16.3 Å². The number of aromatic nitrogens is 2. The van der Waals surface area contributed by atoms with Gasteiger partial charge in [-0.15, -0.1) is 0 Å². The van der Waals surface area contributed by atoms with Gasteiger partial charge >= 0.3 is 0 Å². The molecule has 1 aliphatic rings. The van der Waals surface area contributed by atoms with Gasteiger partial charge in [0, 0.05) is 0 Å². The maximum absolute atomic E-state index is 6.15. The summed E-state index contributed by atoms with van der Waals surface area (Å²) in [5.41, 5.74) is 2.06. The van der Waals surface area contributed by atoms with Gasteiger partial charge in [0.05, 0.1) is 11.5 Å². The molecule has 0 bridgehead atoms. The largest absolute Gasteiger partial charge is 0.462 e. The third-order valence-electron chi connectivity index (χ3n) is 2.75. The first kappa shape index (κ1) is 11.2. The molecule has 2 heterocycles. The molecule has 0 aliphatic carbocycles. The van der Waals surface area contributed by atoms with E-state index in [9.17, 15) is 0 Å². The zero-order chi connectivity index (χ0) is 11.8. The third kappa shape index (κ3) is 1.89. The van der Waals surface area contributed by atoms with E-state index in [1.54, 1.807) is 0 Å². The van der Waals surface area contributed by atoms with Gasteiger partial charge in [0.25, 0.3) is 0 Å². The Morgan fingerprint density at radius 1 is 1.18 bits per heavy atom. The van der Waals surface area contributed by atoms with Crippen LogP contribution in [0.25, 0.3) is 0 Å². The monoisotopic (exact) mass is 358 g/mol. The van der Waals surface area contributed by atoms with E-state index in [0.29, 0.717) is 11.0 Å². The maximum atomic E-state index is 6.15. The minimum absolute atomic E-state index is 0.000741. The standard InChI is InChI=1S/C12H8ClIN2O/c13-10-9-8(7-4-2-1-3-5-7)11(14)17-12(9)16-6-15-10/h1-6,8,11H. The molecule has 17 heavy (non-hydrogen) atoms. The number of hydrogen-bond acceptors (Lipinski definition) is 3. The van der Waals surface area contributed by atoms with Gasteiger partial charge in [0.2, 0.25) is 5.88 Å². The predicted molar refractivity (Wildman–Crippen MR) is 73.8 cm³/mol. The van der Waals surface area contributed by atoms with Gasteiger partial charge < -0.3 is 4.74 Å². The molecule has 0 spiro atoms. The Morgan fingerprint density at radius 2 is 1.94 bits per heavy atom. The summed E-state index contributed by atoms with van der Waals surface area (Å²) in [5.74, 6) is 0.693. The van der Waals surface area contributed by atoms with Crippen LogP contribution in [0.5, 0.6) is 5.88 Å². The minimum atomic E-state index is -0.000741. The van der Waals surface area contributed by atoms with E-state index in [0.717, 1.165) is 5.56 Å². The van der Waals surface area contributed by atoms with Crippen molar-refractivity contribution < 1.29 is 4.74 Å². The fourth-order valence-electron chi connectivity index (χ4n) is 2.00. The fourth-order valence-corrected chi connectivity index (χ4v) is 3.26. The van der Waals surface area contributed by atoms with Gasteiger partial charge in [-0.3, -0.25) is 0 Å². The highest BCUT2D eigenvalue weighted by molar-refractivity contribution is 14.1. The van der Waals surface area contributed by atoms with Crippen molar-refractivity contribution in [3.05, 3.63) is 52.9 Å². The second kappa shape index (κ2) is 4.42. The normalized spacial score (nSPS) is 22.0. The van der Waals surface area contributed by atoms with Crippen LogP contribution in [0, 0.1) is 0 Å². The molecule has 2 atom stereocenters. The molecule has 0 saturated heterocycles. The highest BCUT2D eigenvalue weighted by Gasteiger charge is 2.37. The van der Waals surface area contributed by atoms with Gasteiger partial charge in [0.15, 0.2) is 4.11 Å². The molecule has 0 saturated carbocycles. The first-order valence-electron chi connectivity index (χ1n) is 5.13. The zero-order valence-electron chi connectivity index (χ0n) is 8.68. The van der Waals surface area contributed by atoms with Gasteiger partial charge in [-0.1, -0.05) is 41.9 Å². The summed E-state index contributed by atoms with van der Waals surface area (Å²) in [7, 11) is 0. The average Bonchev–Trinajstić information content (AvgIpc) is 2.68. The Bertz CT molecular complexity index is 549. The van der Waals surface area contributed by atoms with Crippen molar-refractivity contribution in [3.8, 4) is 5.88 Å². The number of nitrogens with zero attached hydrogens (tertiary/aromatic N) is 2. The summed E-state index contributed by atoms with van der Waals surface area (Å²) in [6.07, 6.45) is 1.43. The Balaban J connectivity index is 2.14. The second-order valence-electron chi connectivity index (χ2n) is 3.74. The molecule has 2 aromatic rings. The number of fused-ring (bicyclic) bond motifs is 1. The Morgan fingerprint density at radius 3 is 2.71 bits per heavy atom. The van der Waals surface area contributed by atoms with E-state index in [2.05, 4.69) is 44.7 Å². The topological polar surface area (TPSA) is 35.0 Å². The quantitative estimate of drug-likeness (QED) is 0.445. The number of hydrogen-bond donors (Lipinski definition) is 0. The van der Waals surface area contributed by atoms with Gasteiger partial charge in [0.1, 0.15) is 11.5 Å². The van der Waals surface area contributed by atoms with Gasteiger partial charge in [-0.2, -0.15) is 0 Å². The lowest BCUT2D eigenvalue weighted by molar-refractivity contribution is 0.314. The number of halogens is 2. The van der Waals surface area contributed by atoms with Crippen molar-refractivity contribution in [2.45, 2.75) is 10.0 Å². The van der Waals surface area contributed by atoms with Crippen molar-refractivity contribution in [1.82, 2.24) is 9.97 Å². The van der Waals surface area contributed by atoms with Crippen LogP contribution in [0.2, 0.25) is 5.15 Å². The van der Waals surface area contributed by atoms with Crippen LogP contribution < -0.4 is 4.74 Å². The van der Waals surface area contributed by atoms with E-state index in [-0.39, 0.29) is 10.0 Å². The fraction of sp³-hybridized carbons (Fsp3) is 0.167. The minimum Gasteiger partial charge on any atom is -0.462 e. The summed E-state index contributed by atoms with van der Waals surface area (Å²) in [6.45, 7) is 0. The van der Waals surface area contributed by atoms with E-state index < -0.39 is 0 Å². The average molecular weight is 359 g/mol. The Kier molecular flexibility index (Phi) is 2.92. The molecule has 1 aromatic carbocycles. The highest BCUT2D eigenvalue weighted by atomic mass is 127. The second-order valence-corrected chi connectivity index (χ2v) is 5.33. The molecule has 5 heteroatoms. The van der Waals surface area contributed by atoms with Crippen molar-refractivity contribution in [2.24, 2.45) is 0 Å². The number of benzene rings is 1. The van der Waals surface area contributed by atoms with Crippen molar-refractivity contribution in [1.29, 1.82) is 0 Å². The van der Waals surface area contributed by atoms with Crippen LogP contribution in [0.1, 0.15) is 17.0 Å². The number of ether oxygens (including phenoxy) is 1. The molecule has 0 fully saturated rings. The van der Waals surface area contributed by atoms with Crippen LogP contribution in [-0.2, 0) is 0 Å². The molecular weight excluding hydrogens is 351 g/mol. The number of alkyl halides is 1. The molecule has 0 amide bonds. The summed E-state index contributed by atoms with van der Waals surface area (Å²) in [6, 6.07) is 10.1. The van der Waals surface area contributed by atoms with Crippen LogP contribution in [0.3, 0.4) is 0 Å². The highest BCUT2D eigenvalue weighted by Crippen LogP contribution is 2.45. The van der Waals surface area contributed by atoms with E-state index >= 15 is 0 Å². The molecule has 0 N–H and O–H groups in total. The summed E-state index contributed by atoms with van der Waals surface area (Å²) in [5, 5.41) is 0.475. The zero-order valence-corrected chi connectivity index (χ0v) is 11.6. The lowest BCUT2D eigenvalue weighted by Gasteiger charge is -2.13. The van der Waals surface area contributed by atoms with Crippen molar-refractivity contribution in [2.75, 3.05) is 0 Å². The van der Waals surface area contributed by atoms with Crippen LogP contribution in [0.4, 0.5) is 0 Å². The summed E-state index contributed by atoms with van der Waals surface area (Å²) in [4.78, 5) is 8.16. The summed E-state index contributed by atoms with van der Waals surface area (Å²) < 4.78 is 5.71. The molecule has 3 rings (SSSR count).